The summed E-state index contributed by atoms with van der Waals surface area (Å²) in [5.74, 6) is 2.66. The van der Waals surface area contributed by atoms with Gasteiger partial charge < -0.3 is 10.6 Å². The molecule has 2 rings (SSSR count). The SMILES string of the molecule is CC(C)CCn1nc(N2CCC(C)CC2)c(C#N)c1N. The van der Waals surface area contributed by atoms with E-state index in [-0.39, 0.29) is 0 Å². The standard InChI is InChI=1S/C15H25N5/c1-11(2)4-9-20-14(17)13(10-16)15(18-20)19-7-5-12(3)6-8-19/h11-12H,4-9,17H2,1-3H3. The molecule has 2 N–H and O–H groups in total. The number of nitrogens with two attached hydrogens (primary N) is 1. The Kier molecular flexibility index (Phi) is 4.53. The Balaban J connectivity index is 2.20. The minimum absolute atomic E-state index is 0.516. The van der Waals surface area contributed by atoms with Crippen LogP contribution in [0.1, 0.15) is 45.6 Å². The third-order valence-electron chi connectivity index (χ3n) is 4.09. The maximum atomic E-state index is 9.36. The molecule has 2 heterocycles. The molecule has 1 aliphatic rings. The van der Waals surface area contributed by atoms with Gasteiger partial charge >= 0.3 is 0 Å². The van der Waals surface area contributed by atoms with Crippen molar-refractivity contribution >= 4 is 11.6 Å². The summed E-state index contributed by atoms with van der Waals surface area (Å²) in [5, 5.41) is 14.0. The van der Waals surface area contributed by atoms with Crippen LogP contribution in [0.15, 0.2) is 0 Å². The lowest BCUT2D eigenvalue weighted by atomic mass is 9.99. The van der Waals surface area contributed by atoms with Crippen molar-refractivity contribution in [3.63, 3.8) is 0 Å². The number of hydrogen-bond acceptors (Lipinski definition) is 4. The van der Waals surface area contributed by atoms with Gasteiger partial charge in [0.05, 0.1) is 0 Å². The number of piperidine rings is 1. The van der Waals surface area contributed by atoms with E-state index < -0.39 is 0 Å². The van der Waals surface area contributed by atoms with E-state index in [0.29, 0.717) is 17.3 Å². The van der Waals surface area contributed by atoms with E-state index in [0.717, 1.165) is 50.6 Å². The molecule has 0 spiro atoms. The topological polar surface area (TPSA) is 70.9 Å². The van der Waals surface area contributed by atoms with Crippen LogP contribution in [0, 0.1) is 23.2 Å². The minimum Gasteiger partial charge on any atom is -0.383 e. The van der Waals surface area contributed by atoms with Crippen LogP contribution in [-0.2, 0) is 6.54 Å². The highest BCUT2D eigenvalue weighted by molar-refractivity contribution is 5.65. The van der Waals surface area contributed by atoms with Gasteiger partial charge in [-0.25, -0.2) is 4.68 Å². The Hall–Kier alpha value is -1.70. The van der Waals surface area contributed by atoms with Gasteiger partial charge in [0.2, 0.25) is 0 Å². The summed E-state index contributed by atoms with van der Waals surface area (Å²) in [4.78, 5) is 2.21. The fourth-order valence-corrected chi connectivity index (χ4v) is 2.56. The smallest absolute Gasteiger partial charge is 0.170 e. The van der Waals surface area contributed by atoms with Gasteiger partial charge in [-0.15, -0.1) is 0 Å². The lowest BCUT2D eigenvalue weighted by Gasteiger charge is -2.30. The van der Waals surface area contributed by atoms with Crippen molar-refractivity contribution in [2.45, 2.75) is 46.6 Å². The third-order valence-corrected chi connectivity index (χ3v) is 4.09. The molecule has 0 bridgehead atoms. The van der Waals surface area contributed by atoms with Crippen LogP contribution in [0.4, 0.5) is 11.6 Å². The minimum atomic E-state index is 0.516. The average Bonchev–Trinajstić information content (AvgIpc) is 2.73. The second kappa shape index (κ2) is 6.17. The number of rotatable bonds is 4. The zero-order valence-electron chi connectivity index (χ0n) is 12.8. The van der Waals surface area contributed by atoms with E-state index in [2.05, 4.69) is 36.8 Å². The van der Waals surface area contributed by atoms with Gasteiger partial charge in [0.15, 0.2) is 5.82 Å². The number of hydrogen-bond donors (Lipinski definition) is 1. The van der Waals surface area contributed by atoms with E-state index in [9.17, 15) is 5.26 Å². The van der Waals surface area contributed by atoms with Crippen LogP contribution in [0.2, 0.25) is 0 Å². The molecule has 5 heteroatoms. The Morgan fingerprint density at radius 2 is 2.05 bits per heavy atom. The summed E-state index contributed by atoms with van der Waals surface area (Å²) in [5.41, 5.74) is 6.63. The molecule has 0 unspecified atom stereocenters. The number of nitriles is 1. The predicted octanol–water partition coefficient (Wildman–Crippen LogP) is 2.62. The van der Waals surface area contributed by atoms with Gasteiger partial charge in [0, 0.05) is 19.6 Å². The number of anilines is 2. The molecule has 0 atom stereocenters. The molecule has 1 fully saturated rings. The number of aromatic nitrogens is 2. The quantitative estimate of drug-likeness (QED) is 0.917. The second-order valence-corrected chi connectivity index (χ2v) is 6.27. The van der Waals surface area contributed by atoms with Crippen molar-refractivity contribution in [2.24, 2.45) is 11.8 Å². The van der Waals surface area contributed by atoms with Crippen molar-refractivity contribution in [1.82, 2.24) is 9.78 Å². The number of aryl methyl sites for hydroxylation is 1. The number of nitrogen functional groups attached to an aromatic ring is 1. The molecular formula is C15H25N5. The summed E-state index contributed by atoms with van der Waals surface area (Å²) < 4.78 is 1.80. The van der Waals surface area contributed by atoms with Gasteiger partial charge in [0.1, 0.15) is 17.5 Å². The maximum absolute atomic E-state index is 9.36. The molecule has 1 aromatic rings. The average molecular weight is 275 g/mol. The zero-order valence-corrected chi connectivity index (χ0v) is 12.8. The largest absolute Gasteiger partial charge is 0.383 e. The Morgan fingerprint density at radius 1 is 1.40 bits per heavy atom. The van der Waals surface area contributed by atoms with E-state index in [4.69, 9.17) is 5.73 Å². The zero-order chi connectivity index (χ0) is 14.7. The molecule has 0 radical (unpaired) electrons. The Morgan fingerprint density at radius 3 is 2.60 bits per heavy atom. The van der Waals surface area contributed by atoms with E-state index in [1.165, 1.54) is 0 Å². The van der Waals surface area contributed by atoms with Gasteiger partial charge in [-0.1, -0.05) is 20.8 Å². The molecule has 0 saturated carbocycles. The summed E-state index contributed by atoms with van der Waals surface area (Å²) in [6.45, 7) is 9.35. The first-order valence-electron chi connectivity index (χ1n) is 7.54. The first kappa shape index (κ1) is 14.7. The highest BCUT2D eigenvalue weighted by atomic mass is 15.4. The van der Waals surface area contributed by atoms with E-state index >= 15 is 0 Å². The van der Waals surface area contributed by atoms with Crippen molar-refractivity contribution in [3.8, 4) is 6.07 Å². The maximum Gasteiger partial charge on any atom is 0.170 e. The van der Waals surface area contributed by atoms with Crippen molar-refractivity contribution in [2.75, 3.05) is 23.7 Å². The third kappa shape index (κ3) is 3.06. The fourth-order valence-electron chi connectivity index (χ4n) is 2.56. The lowest BCUT2D eigenvalue weighted by Crippen LogP contribution is -2.33. The van der Waals surface area contributed by atoms with Gasteiger partial charge in [-0.2, -0.15) is 10.4 Å². The Bertz CT molecular complexity index is 489. The summed E-state index contributed by atoms with van der Waals surface area (Å²) in [6, 6.07) is 2.23. The Labute approximate surface area is 121 Å². The van der Waals surface area contributed by atoms with Crippen LogP contribution in [-0.4, -0.2) is 22.9 Å². The molecular weight excluding hydrogens is 250 g/mol. The first-order valence-corrected chi connectivity index (χ1v) is 7.54. The molecule has 5 nitrogen and oxygen atoms in total. The molecule has 1 aliphatic heterocycles. The van der Waals surface area contributed by atoms with E-state index in [1.54, 1.807) is 4.68 Å². The van der Waals surface area contributed by atoms with E-state index in [1.807, 2.05) is 0 Å². The fraction of sp³-hybridized carbons (Fsp3) is 0.733. The molecule has 1 aromatic heterocycles. The van der Waals surface area contributed by atoms with Crippen LogP contribution >= 0.6 is 0 Å². The van der Waals surface area contributed by atoms with Crippen LogP contribution in [0.3, 0.4) is 0 Å². The van der Waals surface area contributed by atoms with Gasteiger partial charge in [-0.3, -0.25) is 0 Å². The summed E-state index contributed by atoms with van der Waals surface area (Å²) in [7, 11) is 0. The van der Waals surface area contributed by atoms with Gasteiger partial charge in [0.25, 0.3) is 0 Å². The highest BCUT2D eigenvalue weighted by Gasteiger charge is 2.24. The highest BCUT2D eigenvalue weighted by Crippen LogP contribution is 2.28. The normalized spacial score (nSPS) is 16.6. The molecule has 1 saturated heterocycles. The van der Waals surface area contributed by atoms with Crippen LogP contribution < -0.4 is 10.6 Å². The first-order chi connectivity index (χ1) is 9.52. The van der Waals surface area contributed by atoms with Crippen molar-refractivity contribution < 1.29 is 0 Å². The van der Waals surface area contributed by atoms with Crippen LogP contribution in [0.25, 0.3) is 0 Å². The summed E-state index contributed by atoms with van der Waals surface area (Å²) >= 11 is 0. The van der Waals surface area contributed by atoms with Crippen molar-refractivity contribution in [3.05, 3.63) is 5.56 Å². The molecule has 0 aromatic carbocycles. The summed E-state index contributed by atoms with van der Waals surface area (Å²) in [6.07, 6.45) is 3.33. The molecule has 110 valence electrons. The molecule has 0 aliphatic carbocycles. The monoisotopic (exact) mass is 275 g/mol. The van der Waals surface area contributed by atoms with Crippen molar-refractivity contribution in [1.29, 1.82) is 5.26 Å². The molecule has 20 heavy (non-hydrogen) atoms. The number of nitrogens with zero attached hydrogens (tertiary/aromatic N) is 4. The second-order valence-electron chi connectivity index (χ2n) is 6.27. The van der Waals surface area contributed by atoms with Crippen LogP contribution in [0.5, 0.6) is 0 Å². The predicted molar refractivity (Wildman–Crippen MR) is 81.4 cm³/mol. The van der Waals surface area contributed by atoms with Gasteiger partial charge in [-0.05, 0) is 31.1 Å². The molecule has 0 amide bonds. The lowest BCUT2D eigenvalue weighted by molar-refractivity contribution is 0.433.